The van der Waals surface area contributed by atoms with Crippen molar-refractivity contribution in [2.24, 2.45) is 0 Å². The summed E-state index contributed by atoms with van der Waals surface area (Å²) in [6.45, 7) is 1.65. The Balaban J connectivity index is 2.25. The fourth-order valence-electron chi connectivity index (χ4n) is 2.12. The van der Waals surface area contributed by atoms with Crippen molar-refractivity contribution < 1.29 is 14.6 Å². The smallest absolute Gasteiger partial charge is 0.251 e. The van der Waals surface area contributed by atoms with Crippen LogP contribution in [0.4, 0.5) is 0 Å². The van der Waals surface area contributed by atoms with Gasteiger partial charge < -0.3 is 15.2 Å². The monoisotopic (exact) mass is 389 g/mol. The molecule has 1 unspecified atom stereocenters. The third-order valence-corrected chi connectivity index (χ3v) is 4.00. The molecule has 24 heavy (non-hydrogen) atoms. The van der Waals surface area contributed by atoms with Gasteiger partial charge >= 0.3 is 0 Å². The molecule has 5 heteroatoms. The fourth-order valence-corrected chi connectivity index (χ4v) is 2.38. The fraction of sp³-hybridized carbons (Fsp3) is 0.211. The SMILES string of the molecule is COc1ccc(C(=O)NC(C)CO)cc1/C=C/c1ccc(Br)cc1. The maximum Gasteiger partial charge on any atom is 0.251 e. The second-order valence-electron chi connectivity index (χ2n) is 5.40. The van der Waals surface area contributed by atoms with Gasteiger partial charge in [-0.15, -0.1) is 0 Å². The second-order valence-corrected chi connectivity index (χ2v) is 6.31. The summed E-state index contributed by atoms with van der Waals surface area (Å²) in [4.78, 5) is 12.2. The van der Waals surface area contributed by atoms with Crippen LogP contribution < -0.4 is 10.1 Å². The zero-order chi connectivity index (χ0) is 17.5. The van der Waals surface area contributed by atoms with Gasteiger partial charge in [0, 0.05) is 21.6 Å². The Labute approximate surface area is 150 Å². The lowest BCUT2D eigenvalue weighted by Gasteiger charge is -2.12. The number of benzene rings is 2. The van der Waals surface area contributed by atoms with Gasteiger partial charge in [0.25, 0.3) is 5.91 Å². The quantitative estimate of drug-likeness (QED) is 0.739. The maximum atomic E-state index is 12.2. The van der Waals surface area contributed by atoms with E-state index in [0.717, 1.165) is 15.6 Å². The van der Waals surface area contributed by atoms with Gasteiger partial charge in [0.05, 0.1) is 13.7 Å². The number of halogens is 1. The minimum Gasteiger partial charge on any atom is -0.496 e. The molecule has 1 atom stereocenters. The summed E-state index contributed by atoms with van der Waals surface area (Å²) in [5.74, 6) is 0.465. The number of aliphatic hydroxyl groups is 1. The minimum absolute atomic E-state index is 0.0990. The highest BCUT2D eigenvalue weighted by Crippen LogP contribution is 2.23. The number of carbonyl (C=O) groups excluding carboxylic acids is 1. The molecule has 0 aromatic heterocycles. The molecule has 0 aliphatic carbocycles. The number of hydrogen-bond acceptors (Lipinski definition) is 3. The summed E-state index contributed by atoms with van der Waals surface area (Å²) < 4.78 is 6.38. The molecular weight excluding hydrogens is 370 g/mol. The molecule has 0 aliphatic heterocycles. The van der Waals surface area contributed by atoms with Crippen molar-refractivity contribution in [3.63, 3.8) is 0 Å². The number of amides is 1. The second kappa shape index (κ2) is 8.66. The van der Waals surface area contributed by atoms with Crippen molar-refractivity contribution in [3.8, 4) is 5.75 Å². The lowest BCUT2D eigenvalue weighted by atomic mass is 10.1. The van der Waals surface area contributed by atoms with E-state index in [9.17, 15) is 4.79 Å². The van der Waals surface area contributed by atoms with Gasteiger partial charge in [0.2, 0.25) is 0 Å². The van der Waals surface area contributed by atoms with Crippen molar-refractivity contribution in [1.82, 2.24) is 5.32 Å². The molecule has 0 saturated heterocycles. The van der Waals surface area contributed by atoms with Gasteiger partial charge in [-0.2, -0.15) is 0 Å². The molecule has 0 fully saturated rings. The highest BCUT2D eigenvalue weighted by Gasteiger charge is 2.11. The first kappa shape index (κ1) is 18.2. The summed E-state index contributed by atoms with van der Waals surface area (Å²) in [6, 6.07) is 12.9. The third-order valence-electron chi connectivity index (χ3n) is 3.47. The predicted octanol–water partition coefficient (Wildman–Crippen LogP) is 3.74. The van der Waals surface area contributed by atoms with Gasteiger partial charge in [-0.1, -0.05) is 40.2 Å². The molecular formula is C19H20BrNO3. The Bertz CT molecular complexity index is 726. The summed E-state index contributed by atoms with van der Waals surface area (Å²) in [5.41, 5.74) is 2.38. The average Bonchev–Trinajstić information content (AvgIpc) is 2.60. The largest absolute Gasteiger partial charge is 0.496 e. The van der Waals surface area contributed by atoms with Crippen molar-refractivity contribution in [3.05, 3.63) is 63.6 Å². The minimum atomic E-state index is -0.290. The molecule has 2 N–H and O–H groups in total. The molecule has 1 amide bonds. The highest BCUT2D eigenvalue weighted by atomic mass is 79.9. The molecule has 0 radical (unpaired) electrons. The lowest BCUT2D eigenvalue weighted by Crippen LogP contribution is -2.34. The van der Waals surface area contributed by atoms with Gasteiger partial charge in [-0.3, -0.25) is 4.79 Å². The number of carbonyl (C=O) groups is 1. The average molecular weight is 390 g/mol. The van der Waals surface area contributed by atoms with E-state index in [-0.39, 0.29) is 18.6 Å². The highest BCUT2D eigenvalue weighted by molar-refractivity contribution is 9.10. The van der Waals surface area contributed by atoms with Crippen molar-refractivity contribution in [2.75, 3.05) is 13.7 Å². The van der Waals surface area contributed by atoms with Crippen LogP contribution in [0.1, 0.15) is 28.4 Å². The van der Waals surface area contributed by atoms with Crippen molar-refractivity contribution >= 4 is 34.0 Å². The topological polar surface area (TPSA) is 58.6 Å². The van der Waals surface area contributed by atoms with E-state index in [2.05, 4.69) is 21.2 Å². The lowest BCUT2D eigenvalue weighted by molar-refractivity contribution is 0.0922. The van der Waals surface area contributed by atoms with E-state index < -0.39 is 0 Å². The van der Waals surface area contributed by atoms with E-state index in [1.807, 2.05) is 36.4 Å². The van der Waals surface area contributed by atoms with Gasteiger partial charge in [-0.25, -0.2) is 0 Å². The van der Waals surface area contributed by atoms with Crippen LogP contribution in [-0.4, -0.2) is 30.8 Å². The van der Waals surface area contributed by atoms with Gasteiger partial charge in [-0.05, 0) is 42.8 Å². The number of nitrogens with one attached hydrogen (secondary N) is 1. The van der Waals surface area contributed by atoms with Crippen LogP contribution in [0.3, 0.4) is 0 Å². The van der Waals surface area contributed by atoms with Crippen LogP contribution in [0, 0.1) is 0 Å². The van der Waals surface area contributed by atoms with Crippen LogP contribution in [-0.2, 0) is 0 Å². The van der Waals surface area contributed by atoms with Crippen molar-refractivity contribution in [2.45, 2.75) is 13.0 Å². The summed E-state index contributed by atoms with van der Waals surface area (Å²) in [7, 11) is 1.60. The molecule has 0 spiro atoms. The third kappa shape index (κ3) is 4.94. The van der Waals surface area contributed by atoms with Crippen LogP contribution in [0.15, 0.2) is 46.9 Å². The van der Waals surface area contributed by atoms with Crippen LogP contribution >= 0.6 is 15.9 Å². The van der Waals surface area contributed by atoms with Crippen LogP contribution in [0.5, 0.6) is 5.75 Å². The molecule has 2 rings (SSSR count). The molecule has 0 saturated carbocycles. The molecule has 126 valence electrons. The predicted molar refractivity (Wildman–Crippen MR) is 100 cm³/mol. The standard InChI is InChI=1S/C19H20BrNO3/c1-13(12-22)21-19(23)16-7-10-18(24-2)15(11-16)6-3-14-4-8-17(20)9-5-14/h3-11,13,22H,12H2,1-2H3,(H,21,23)/b6-3+. The maximum absolute atomic E-state index is 12.2. The number of methoxy groups -OCH3 is 1. The van der Waals surface area contributed by atoms with E-state index in [1.165, 1.54) is 0 Å². The normalized spacial score (nSPS) is 12.2. The Morgan fingerprint density at radius 2 is 1.96 bits per heavy atom. The zero-order valence-electron chi connectivity index (χ0n) is 13.6. The summed E-state index contributed by atoms with van der Waals surface area (Å²) in [6.07, 6.45) is 3.87. The van der Waals surface area contributed by atoms with E-state index in [0.29, 0.717) is 11.3 Å². The number of rotatable bonds is 6. The number of hydrogen-bond donors (Lipinski definition) is 2. The molecule has 2 aromatic rings. The van der Waals surface area contributed by atoms with Gasteiger partial charge in [0.1, 0.15) is 5.75 Å². The van der Waals surface area contributed by atoms with Crippen LogP contribution in [0.25, 0.3) is 12.2 Å². The van der Waals surface area contributed by atoms with E-state index >= 15 is 0 Å². The zero-order valence-corrected chi connectivity index (χ0v) is 15.2. The molecule has 4 nitrogen and oxygen atoms in total. The first-order valence-electron chi connectivity index (χ1n) is 7.57. The van der Waals surface area contributed by atoms with Gasteiger partial charge in [0.15, 0.2) is 0 Å². The molecule has 2 aromatic carbocycles. The van der Waals surface area contributed by atoms with Crippen LogP contribution in [0.2, 0.25) is 0 Å². The Morgan fingerprint density at radius 3 is 2.58 bits per heavy atom. The molecule has 0 aliphatic rings. The van der Waals surface area contributed by atoms with Crippen molar-refractivity contribution in [1.29, 1.82) is 0 Å². The number of ether oxygens (including phenoxy) is 1. The molecule has 0 bridgehead atoms. The first-order valence-corrected chi connectivity index (χ1v) is 8.36. The molecule has 0 heterocycles. The summed E-state index contributed by atoms with van der Waals surface area (Å²) >= 11 is 3.41. The number of aliphatic hydroxyl groups excluding tert-OH is 1. The summed E-state index contributed by atoms with van der Waals surface area (Å²) in [5, 5.41) is 11.8. The Hall–Kier alpha value is -2.11. The Morgan fingerprint density at radius 1 is 1.25 bits per heavy atom. The first-order chi connectivity index (χ1) is 11.5. The van der Waals surface area contributed by atoms with E-state index in [1.54, 1.807) is 32.2 Å². The van der Waals surface area contributed by atoms with E-state index in [4.69, 9.17) is 9.84 Å². The Kier molecular flexibility index (Phi) is 6.58.